The summed E-state index contributed by atoms with van der Waals surface area (Å²) >= 11 is 0. The number of fused-ring (bicyclic) bond motifs is 3. The first kappa shape index (κ1) is 23.2. The highest BCUT2D eigenvalue weighted by molar-refractivity contribution is 5.93. The summed E-state index contributed by atoms with van der Waals surface area (Å²) < 4.78 is 23.0. The Kier molecular flexibility index (Phi) is 4.34. The number of ketones is 1. The van der Waals surface area contributed by atoms with Crippen molar-refractivity contribution < 1.29 is 43.2 Å². The van der Waals surface area contributed by atoms with Gasteiger partial charge in [0.15, 0.2) is 6.10 Å². The number of ether oxygens (including phenoxy) is 3. The number of furan rings is 1. The molecule has 1 aromatic heterocycles. The molecule has 10 atom stereocenters. The van der Waals surface area contributed by atoms with Crippen LogP contribution in [-0.2, 0) is 28.6 Å². The van der Waals surface area contributed by atoms with Crippen LogP contribution in [0.3, 0.4) is 0 Å². The van der Waals surface area contributed by atoms with E-state index in [0.29, 0.717) is 5.56 Å². The number of hydrogen-bond acceptors (Lipinski definition) is 9. The van der Waals surface area contributed by atoms with Crippen LogP contribution in [0, 0.1) is 28.1 Å². The molecule has 2 aliphatic carbocycles. The summed E-state index contributed by atoms with van der Waals surface area (Å²) in [6.45, 7) is 9.01. The third-order valence-electron chi connectivity index (χ3n) is 10.4. The second-order valence-corrected chi connectivity index (χ2v) is 12.3. The van der Waals surface area contributed by atoms with Gasteiger partial charge < -0.3 is 28.8 Å². The molecular weight excluding hydrogens is 456 g/mol. The minimum Gasteiger partial charge on any atom is -0.472 e. The van der Waals surface area contributed by atoms with E-state index in [-0.39, 0.29) is 25.0 Å². The maximum absolute atomic E-state index is 14.2. The van der Waals surface area contributed by atoms with Gasteiger partial charge in [-0.05, 0) is 33.3 Å². The Morgan fingerprint density at radius 3 is 2.37 bits per heavy atom. The molecule has 0 amide bonds. The summed E-state index contributed by atoms with van der Waals surface area (Å²) in [5.41, 5.74) is -4.94. The first-order valence-electron chi connectivity index (χ1n) is 12.3. The SMILES string of the molecule is CC1(C)OC(=O)C[C@@H](O)[C@@]2(C)[C@@H]1CC(=O)[C@@]1(C)[C@H]2[C@H](O)C[C@@]2(C)[C@@H](c3ccoc3)OC(=O)[C@@H]3O[C@]321. The average molecular weight is 489 g/mol. The van der Waals surface area contributed by atoms with Gasteiger partial charge in [0, 0.05) is 34.7 Å². The number of aliphatic hydroxyl groups excluding tert-OH is 2. The van der Waals surface area contributed by atoms with Crippen LogP contribution < -0.4 is 0 Å². The summed E-state index contributed by atoms with van der Waals surface area (Å²) in [5, 5.41) is 23.3. The van der Waals surface area contributed by atoms with Gasteiger partial charge in [-0.15, -0.1) is 0 Å². The zero-order valence-corrected chi connectivity index (χ0v) is 20.6. The van der Waals surface area contributed by atoms with E-state index in [0.717, 1.165) is 0 Å². The van der Waals surface area contributed by atoms with Crippen molar-refractivity contribution in [1.29, 1.82) is 0 Å². The molecule has 1 aromatic rings. The fourth-order valence-corrected chi connectivity index (χ4v) is 9.05. The molecule has 4 heterocycles. The molecule has 190 valence electrons. The van der Waals surface area contributed by atoms with Crippen LogP contribution in [0.1, 0.15) is 65.5 Å². The van der Waals surface area contributed by atoms with Crippen molar-refractivity contribution in [1.82, 2.24) is 0 Å². The van der Waals surface area contributed by atoms with Crippen LogP contribution in [0.25, 0.3) is 0 Å². The molecule has 0 aromatic carbocycles. The fourth-order valence-electron chi connectivity index (χ4n) is 9.05. The molecule has 1 spiro atoms. The Morgan fingerprint density at radius 1 is 1.00 bits per heavy atom. The second-order valence-electron chi connectivity index (χ2n) is 12.3. The molecule has 5 aliphatic rings. The lowest BCUT2D eigenvalue weighted by Crippen LogP contribution is -2.75. The second kappa shape index (κ2) is 6.55. The minimum atomic E-state index is -1.32. The Hall–Kier alpha value is -2.23. The molecule has 9 nitrogen and oxygen atoms in total. The first-order chi connectivity index (χ1) is 16.2. The molecule has 2 N–H and O–H groups in total. The number of carbonyl (C=O) groups excluding carboxylic acids is 3. The number of Topliss-reactive ketones (excluding diaryl/α,β-unsaturated/α-hetero) is 1. The molecule has 0 radical (unpaired) electrons. The quantitative estimate of drug-likeness (QED) is 0.450. The van der Waals surface area contributed by atoms with Gasteiger partial charge in [-0.3, -0.25) is 9.59 Å². The molecule has 0 bridgehead atoms. The fraction of sp³-hybridized carbons (Fsp3) is 0.731. The van der Waals surface area contributed by atoms with E-state index in [9.17, 15) is 24.6 Å². The predicted octanol–water partition coefficient (Wildman–Crippen LogP) is 2.09. The lowest BCUT2D eigenvalue weighted by molar-refractivity contribution is -0.257. The largest absolute Gasteiger partial charge is 0.472 e. The molecule has 0 unspecified atom stereocenters. The zero-order valence-electron chi connectivity index (χ0n) is 20.6. The molecule has 3 aliphatic heterocycles. The Balaban J connectivity index is 1.56. The van der Waals surface area contributed by atoms with Crippen molar-refractivity contribution in [3.05, 3.63) is 24.2 Å². The van der Waals surface area contributed by atoms with Crippen LogP contribution in [0.2, 0.25) is 0 Å². The van der Waals surface area contributed by atoms with Crippen molar-refractivity contribution in [2.45, 2.75) is 89.5 Å². The van der Waals surface area contributed by atoms with Crippen molar-refractivity contribution >= 4 is 17.7 Å². The van der Waals surface area contributed by atoms with Gasteiger partial charge >= 0.3 is 11.9 Å². The zero-order chi connectivity index (χ0) is 25.3. The molecule has 6 rings (SSSR count). The van der Waals surface area contributed by atoms with E-state index in [1.165, 1.54) is 12.5 Å². The molecule has 9 heteroatoms. The smallest absolute Gasteiger partial charge is 0.339 e. The summed E-state index contributed by atoms with van der Waals surface area (Å²) in [7, 11) is 0. The first-order valence-corrected chi connectivity index (χ1v) is 12.3. The van der Waals surface area contributed by atoms with Crippen molar-refractivity contribution in [3.63, 3.8) is 0 Å². The van der Waals surface area contributed by atoms with E-state index >= 15 is 0 Å². The standard InChI is InChI=1S/C26H32O9/c1-22(2)14-8-16(29)25(5)18(24(14,4)15(28)9-17(30)34-22)13(27)10-23(3)19(12-6-7-32-11-12)33-21(31)20-26(23,25)35-20/h6-7,11,13-15,18-20,27-28H,8-10H2,1-5H3/t13-,14-,15-,18+,19-,20+,23+,24-,25+,26-/m1/s1. The number of carbonyl (C=O) groups is 3. The lowest BCUT2D eigenvalue weighted by Gasteiger charge is -2.67. The maximum Gasteiger partial charge on any atom is 0.339 e. The minimum absolute atomic E-state index is 0.0207. The number of esters is 2. The van der Waals surface area contributed by atoms with E-state index in [1.807, 2.05) is 13.8 Å². The molecular formula is C26H32O9. The Morgan fingerprint density at radius 2 is 1.71 bits per heavy atom. The van der Waals surface area contributed by atoms with Crippen LogP contribution in [0.15, 0.2) is 23.0 Å². The van der Waals surface area contributed by atoms with Gasteiger partial charge in [0.25, 0.3) is 0 Å². The number of epoxide rings is 1. The number of hydrogen-bond donors (Lipinski definition) is 2. The van der Waals surface area contributed by atoms with E-state index in [2.05, 4.69) is 0 Å². The van der Waals surface area contributed by atoms with Crippen LogP contribution >= 0.6 is 0 Å². The average Bonchev–Trinajstić information content (AvgIpc) is 3.34. The van der Waals surface area contributed by atoms with Crippen LogP contribution in [0.5, 0.6) is 0 Å². The number of rotatable bonds is 1. The van der Waals surface area contributed by atoms with E-state index in [1.54, 1.807) is 26.8 Å². The van der Waals surface area contributed by atoms with Crippen LogP contribution in [-0.4, -0.2) is 57.4 Å². The normalized spacial score (nSPS) is 52.1. The Bertz CT molecular complexity index is 1130. The number of cyclic esters (lactones) is 2. The van der Waals surface area contributed by atoms with Gasteiger partial charge in [-0.25, -0.2) is 4.79 Å². The number of aliphatic hydroxyl groups is 2. The summed E-state index contributed by atoms with van der Waals surface area (Å²) in [6, 6.07) is 1.71. The van der Waals surface area contributed by atoms with Crippen molar-refractivity contribution in [3.8, 4) is 0 Å². The molecule has 35 heavy (non-hydrogen) atoms. The van der Waals surface area contributed by atoms with Gasteiger partial charge in [0.1, 0.15) is 23.1 Å². The highest BCUT2D eigenvalue weighted by atomic mass is 16.7. The summed E-state index contributed by atoms with van der Waals surface area (Å²) in [4.78, 5) is 39.9. The maximum atomic E-state index is 14.2. The van der Waals surface area contributed by atoms with Gasteiger partial charge in [-0.2, -0.15) is 0 Å². The third-order valence-corrected chi connectivity index (χ3v) is 10.4. The van der Waals surface area contributed by atoms with Crippen molar-refractivity contribution in [2.75, 3.05) is 0 Å². The van der Waals surface area contributed by atoms with Gasteiger partial charge in [0.2, 0.25) is 0 Å². The molecule has 2 saturated carbocycles. The molecule has 3 saturated heterocycles. The van der Waals surface area contributed by atoms with E-state index in [4.69, 9.17) is 18.6 Å². The van der Waals surface area contributed by atoms with Gasteiger partial charge in [0.05, 0.1) is 36.6 Å². The van der Waals surface area contributed by atoms with Gasteiger partial charge in [-0.1, -0.05) is 13.8 Å². The molecule has 5 fully saturated rings. The van der Waals surface area contributed by atoms with Crippen molar-refractivity contribution in [2.24, 2.45) is 28.1 Å². The predicted molar refractivity (Wildman–Crippen MR) is 117 cm³/mol. The topological polar surface area (TPSA) is 136 Å². The summed E-state index contributed by atoms with van der Waals surface area (Å²) in [6.07, 6.45) is -0.973. The lowest BCUT2D eigenvalue weighted by atomic mass is 9.36. The highest BCUT2D eigenvalue weighted by Gasteiger charge is 2.90. The third kappa shape index (κ3) is 2.42. The Labute approximate surface area is 203 Å². The van der Waals surface area contributed by atoms with E-state index < -0.39 is 75.6 Å². The summed E-state index contributed by atoms with van der Waals surface area (Å²) in [5.74, 6) is -2.57. The highest BCUT2D eigenvalue weighted by Crippen LogP contribution is 2.78. The monoisotopic (exact) mass is 488 g/mol. The van der Waals surface area contributed by atoms with Crippen LogP contribution in [0.4, 0.5) is 0 Å².